The molecule has 1 aliphatic rings. The molecule has 1 fully saturated rings. The highest BCUT2D eigenvalue weighted by molar-refractivity contribution is 5.98. The van der Waals surface area contributed by atoms with Crippen molar-refractivity contribution in [3.63, 3.8) is 0 Å². The highest BCUT2D eigenvalue weighted by Crippen LogP contribution is 2.17. The Morgan fingerprint density at radius 3 is 2.26 bits per heavy atom. The number of benzene rings is 1. The number of urea groups is 1. The number of ether oxygens (including phenoxy) is 1. The van der Waals surface area contributed by atoms with Crippen molar-refractivity contribution in [2.24, 2.45) is 0 Å². The zero-order valence-electron chi connectivity index (χ0n) is 15.5. The van der Waals surface area contributed by atoms with Crippen molar-refractivity contribution in [1.82, 2.24) is 10.6 Å². The molecule has 1 aromatic carbocycles. The predicted molar refractivity (Wildman–Crippen MR) is 99.2 cm³/mol. The van der Waals surface area contributed by atoms with Gasteiger partial charge >= 0.3 is 12.0 Å². The molecule has 0 bridgehead atoms. The Kier molecular flexibility index (Phi) is 7.34. The van der Waals surface area contributed by atoms with Crippen LogP contribution in [-0.2, 0) is 14.3 Å². The first kappa shape index (κ1) is 20.4. The molecule has 0 spiro atoms. The van der Waals surface area contributed by atoms with Crippen LogP contribution in [-0.4, -0.2) is 36.0 Å². The molecule has 146 valence electrons. The van der Waals surface area contributed by atoms with Gasteiger partial charge in [-0.1, -0.05) is 19.3 Å². The normalized spacial score (nSPS) is 15.3. The number of imide groups is 1. The van der Waals surface area contributed by atoms with E-state index in [1.807, 2.05) is 0 Å². The summed E-state index contributed by atoms with van der Waals surface area (Å²) in [5, 5.41) is 7.55. The van der Waals surface area contributed by atoms with E-state index in [-0.39, 0.29) is 17.5 Å². The molecule has 0 radical (unpaired) electrons. The summed E-state index contributed by atoms with van der Waals surface area (Å²) in [6.07, 6.45) is 3.98. The standard InChI is InChI=1S/C19H25N3O5/c1-12(17(24)22-19(26)21-15-6-4-3-5-7-15)27-18(25)14-8-10-16(11-9-14)20-13(2)23/h8-12,15H,3-7H2,1-2H3,(H,20,23)(H2,21,22,24,26). The molecular formula is C19H25N3O5. The van der Waals surface area contributed by atoms with Crippen LogP contribution in [0.25, 0.3) is 0 Å². The first-order valence-corrected chi connectivity index (χ1v) is 9.05. The van der Waals surface area contributed by atoms with E-state index in [1.54, 1.807) is 12.1 Å². The number of hydrogen-bond acceptors (Lipinski definition) is 5. The molecule has 8 nitrogen and oxygen atoms in total. The fourth-order valence-electron chi connectivity index (χ4n) is 2.86. The number of carbonyl (C=O) groups is 4. The van der Waals surface area contributed by atoms with Crippen molar-refractivity contribution in [3.8, 4) is 0 Å². The Hall–Kier alpha value is -2.90. The molecule has 1 aromatic rings. The molecule has 1 atom stereocenters. The summed E-state index contributed by atoms with van der Waals surface area (Å²) in [5.41, 5.74) is 0.777. The molecule has 0 saturated heterocycles. The quantitative estimate of drug-likeness (QED) is 0.684. The lowest BCUT2D eigenvalue weighted by Crippen LogP contribution is -2.48. The number of hydrogen-bond donors (Lipinski definition) is 3. The van der Waals surface area contributed by atoms with Crippen LogP contribution in [0.15, 0.2) is 24.3 Å². The van der Waals surface area contributed by atoms with E-state index < -0.39 is 24.0 Å². The van der Waals surface area contributed by atoms with Crippen molar-refractivity contribution in [2.45, 2.75) is 58.1 Å². The summed E-state index contributed by atoms with van der Waals surface area (Å²) in [6.45, 7) is 2.78. The molecule has 1 aliphatic carbocycles. The van der Waals surface area contributed by atoms with Crippen LogP contribution in [0.4, 0.5) is 10.5 Å². The molecule has 8 heteroatoms. The van der Waals surface area contributed by atoms with E-state index in [9.17, 15) is 19.2 Å². The smallest absolute Gasteiger partial charge is 0.338 e. The third-order valence-corrected chi connectivity index (χ3v) is 4.27. The average Bonchev–Trinajstić information content (AvgIpc) is 2.62. The molecule has 3 N–H and O–H groups in total. The molecule has 0 aliphatic heterocycles. The molecule has 0 aromatic heterocycles. The molecule has 1 saturated carbocycles. The number of esters is 1. The van der Waals surface area contributed by atoms with Crippen molar-refractivity contribution in [2.75, 3.05) is 5.32 Å². The third kappa shape index (κ3) is 6.73. The number of amides is 4. The van der Waals surface area contributed by atoms with Gasteiger partial charge in [-0.05, 0) is 44.0 Å². The maximum atomic E-state index is 12.1. The number of nitrogens with one attached hydrogen (secondary N) is 3. The summed E-state index contributed by atoms with van der Waals surface area (Å²) >= 11 is 0. The van der Waals surface area contributed by atoms with Gasteiger partial charge in [0.05, 0.1) is 5.56 Å². The van der Waals surface area contributed by atoms with Gasteiger partial charge in [-0.2, -0.15) is 0 Å². The Bertz CT molecular complexity index is 696. The van der Waals surface area contributed by atoms with Crippen molar-refractivity contribution < 1.29 is 23.9 Å². The molecule has 4 amide bonds. The minimum absolute atomic E-state index is 0.0755. The molecule has 1 unspecified atom stereocenters. The zero-order chi connectivity index (χ0) is 19.8. The van der Waals surface area contributed by atoms with Crippen LogP contribution in [0.2, 0.25) is 0 Å². The lowest BCUT2D eigenvalue weighted by atomic mass is 9.96. The van der Waals surface area contributed by atoms with E-state index in [0.717, 1.165) is 32.1 Å². The molecule has 27 heavy (non-hydrogen) atoms. The largest absolute Gasteiger partial charge is 0.449 e. The van der Waals surface area contributed by atoms with Crippen molar-refractivity contribution >= 4 is 29.5 Å². The summed E-state index contributed by atoms with van der Waals surface area (Å²) in [4.78, 5) is 47.0. The fraction of sp³-hybridized carbons (Fsp3) is 0.474. The van der Waals surface area contributed by atoms with Crippen LogP contribution >= 0.6 is 0 Å². The van der Waals surface area contributed by atoms with Crippen LogP contribution < -0.4 is 16.0 Å². The molecule has 0 heterocycles. The number of rotatable bonds is 5. The van der Waals surface area contributed by atoms with Gasteiger partial charge in [0.25, 0.3) is 5.91 Å². The lowest BCUT2D eigenvalue weighted by Gasteiger charge is -2.23. The minimum Gasteiger partial charge on any atom is -0.449 e. The minimum atomic E-state index is -1.12. The van der Waals surface area contributed by atoms with Crippen LogP contribution in [0.3, 0.4) is 0 Å². The van der Waals surface area contributed by atoms with Gasteiger partial charge < -0.3 is 15.4 Å². The maximum absolute atomic E-state index is 12.1. The Morgan fingerprint density at radius 2 is 1.67 bits per heavy atom. The van der Waals surface area contributed by atoms with E-state index in [4.69, 9.17) is 4.74 Å². The van der Waals surface area contributed by atoms with Gasteiger partial charge in [0.1, 0.15) is 0 Å². The maximum Gasteiger partial charge on any atom is 0.338 e. The second-order valence-corrected chi connectivity index (χ2v) is 6.60. The monoisotopic (exact) mass is 375 g/mol. The third-order valence-electron chi connectivity index (χ3n) is 4.27. The van der Waals surface area contributed by atoms with Crippen LogP contribution in [0.5, 0.6) is 0 Å². The second kappa shape index (κ2) is 9.70. The zero-order valence-corrected chi connectivity index (χ0v) is 15.5. The first-order chi connectivity index (χ1) is 12.8. The summed E-state index contributed by atoms with van der Waals surface area (Å²) in [7, 11) is 0. The summed E-state index contributed by atoms with van der Waals surface area (Å²) in [6, 6.07) is 5.57. The van der Waals surface area contributed by atoms with Crippen LogP contribution in [0, 0.1) is 0 Å². The average molecular weight is 375 g/mol. The topological polar surface area (TPSA) is 114 Å². The van der Waals surface area contributed by atoms with E-state index in [0.29, 0.717) is 5.69 Å². The number of carbonyl (C=O) groups excluding carboxylic acids is 4. The van der Waals surface area contributed by atoms with E-state index in [1.165, 1.54) is 26.0 Å². The SMILES string of the molecule is CC(=O)Nc1ccc(C(=O)OC(C)C(=O)NC(=O)NC2CCCCC2)cc1. The van der Waals surface area contributed by atoms with Gasteiger partial charge in [-0.25, -0.2) is 9.59 Å². The molecular weight excluding hydrogens is 350 g/mol. The summed E-state index contributed by atoms with van der Waals surface area (Å²) in [5.74, 6) is -1.60. The summed E-state index contributed by atoms with van der Waals surface area (Å²) < 4.78 is 5.09. The Balaban J connectivity index is 1.81. The highest BCUT2D eigenvalue weighted by atomic mass is 16.5. The van der Waals surface area contributed by atoms with Crippen LogP contribution in [0.1, 0.15) is 56.3 Å². The second-order valence-electron chi connectivity index (χ2n) is 6.60. The Morgan fingerprint density at radius 1 is 1.04 bits per heavy atom. The lowest BCUT2D eigenvalue weighted by molar-refractivity contribution is -0.128. The van der Waals surface area contributed by atoms with E-state index >= 15 is 0 Å². The number of anilines is 1. The van der Waals surface area contributed by atoms with Gasteiger partial charge in [0.15, 0.2) is 6.10 Å². The molecule has 2 rings (SSSR count). The van der Waals surface area contributed by atoms with Gasteiger partial charge in [-0.3, -0.25) is 14.9 Å². The van der Waals surface area contributed by atoms with Crippen molar-refractivity contribution in [3.05, 3.63) is 29.8 Å². The van der Waals surface area contributed by atoms with Gasteiger partial charge in [0, 0.05) is 18.7 Å². The van der Waals surface area contributed by atoms with Gasteiger partial charge in [0.2, 0.25) is 5.91 Å². The van der Waals surface area contributed by atoms with E-state index in [2.05, 4.69) is 16.0 Å². The fourth-order valence-corrected chi connectivity index (χ4v) is 2.86. The van der Waals surface area contributed by atoms with Gasteiger partial charge in [-0.15, -0.1) is 0 Å². The highest BCUT2D eigenvalue weighted by Gasteiger charge is 2.22. The van der Waals surface area contributed by atoms with Crippen molar-refractivity contribution in [1.29, 1.82) is 0 Å². The first-order valence-electron chi connectivity index (χ1n) is 9.05. The predicted octanol–water partition coefficient (Wildman–Crippen LogP) is 2.35. The Labute approximate surface area is 158 Å².